The lowest BCUT2D eigenvalue weighted by Gasteiger charge is -1.96. The molecule has 0 aliphatic rings. The molecule has 1 aromatic heterocycles. The summed E-state index contributed by atoms with van der Waals surface area (Å²) in [7, 11) is 0. The van der Waals surface area contributed by atoms with Gasteiger partial charge in [0.05, 0.1) is 0 Å². The van der Waals surface area contributed by atoms with Crippen LogP contribution < -0.4 is 5.73 Å². The standard InChI is InChI=1S/C7H10BrN3/c8-3-1-2-6-4-10-7(9)11-5-6/h4-5H,1-3H2,(H2,9,10,11). The normalized spacial score (nSPS) is 9.91. The molecule has 1 heterocycles. The fourth-order valence-corrected chi connectivity index (χ4v) is 1.05. The molecule has 60 valence electrons. The van der Waals surface area contributed by atoms with E-state index in [-0.39, 0.29) is 0 Å². The van der Waals surface area contributed by atoms with E-state index < -0.39 is 0 Å². The average Bonchev–Trinajstić information content (AvgIpc) is 2.04. The summed E-state index contributed by atoms with van der Waals surface area (Å²) in [5.74, 6) is 0.340. The molecule has 0 saturated carbocycles. The minimum Gasteiger partial charge on any atom is -0.368 e. The van der Waals surface area contributed by atoms with Crippen molar-refractivity contribution >= 4 is 21.9 Å². The Balaban J connectivity index is 2.52. The second-order valence-electron chi connectivity index (χ2n) is 2.24. The highest BCUT2D eigenvalue weighted by Gasteiger charge is 1.92. The molecule has 0 radical (unpaired) electrons. The van der Waals surface area contributed by atoms with E-state index in [0.29, 0.717) is 5.95 Å². The number of nitrogens with zero attached hydrogens (tertiary/aromatic N) is 2. The molecule has 0 aromatic carbocycles. The molecule has 0 atom stereocenters. The van der Waals surface area contributed by atoms with E-state index in [9.17, 15) is 0 Å². The summed E-state index contributed by atoms with van der Waals surface area (Å²) in [6.45, 7) is 0. The molecule has 0 fully saturated rings. The van der Waals surface area contributed by atoms with Crippen LogP contribution in [-0.2, 0) is 6.42 Å². The first-order valence-corrected chi connectivity index (χ1v) is 4.57. The predicted molar refractivity (Wildman–Crippen MR) is 48.6 cm³/mol. The van der Waals surface area contributed by atoms with Crippen LogP contribution in [0.1, 0.15) is 12.0 Å². The maximum absolute atomic E-state index is 5.32. The first-order valence-electron chi connectivity index (χ1n) is 3.45. The van der Waals surface area contributed by atoms with Gasteiger partial charge in [0.25, 0.3) is 0 Å². The Labute approximate surface area is 74.2 Å². The molecule has 0 saturated heterocycles. The highest BCUT2D eigenvalue weighted by atomic mass is 79.9. The topological polar surface area (TPSA) is 51.8 Å². The fourth-order valence-electron chi connectivity index (χ4n) is 0.765. The second-order valence-corrected chi connectivity index (χ2v) is 3.04. The molecule has 0 spiro atoms. The van der Waals surface area contributed by atoms with E-state index in [1.807, 2.05) is 0 Å². The van der Waals surface area contributed by atoms with Crippen LogP contribution in [0.15, 0.2) is 12.4 Å². The Morgan fingerprint density at radius 1 is 1.36 bits per heavy atom. The van der Waals surface area contributed by atoms with Gasteiger partial charge in [0.15, 0.2) is 0 Å². The second kappa shape index (κ2) is 4.28. The Morgan fingerprint density at radius 2 is 2.00 bits per heavy atom. The van der Waals surface area contributed by atoms with E-state index in [0.717, 1.165) is 23.7 Å². The van der Waals surface area contributed by atoms with Crippen molar-refractivity contribution in [2.24, 2.45) is 0 Å². The number of rotatable bonds is 3. The van der Waals surface area contributed by atoms with Gasteiger partial charge in [-0.15, -0.1) is 0 Å². The van der Waals surface area contributed by atoms with E-state index in [1.165, 1.54) is 0 Å². The number of anilines is 1. The van der Waals surface area contributed by atoms with Gasteiger partial charge in [-0.05, 0) is 18.4 Å². The molecule has 0 aliphatic heterocycles. The van der Waals surface area contributed by atoms with E-state index in [1.54, 1.807) is 12.4 Å². The van der Waals surface area contributed by atoms with Crippen LogP contribution in [0.25, 0.3) is 0 Å². The van der Waals surface area contributed by atoms with Crippen molar-refractivity contribution in [3.63, 3.8) is 0 Å². The molecule has 0 aliphatic carbocycles. The lowest BCUT2D eigenvalue weighted by Crippen LogP contribution is -1.95. The lowest BCUT2D eigenvalue weighted by molar-refractivity contribution is 0.918. The molecule has 0 unspecified atom stereocenters. The lowest BCUT2D eigenvalue weighted by atomic mass is 10.2. The minimum atomic E-state index is 0.340. The van der Waals surface area contributed by atoms with E-state index in [4.69, 9.17) is 5.73 Å². The van der Waals surface area contributed by atoms with Gasteiger partial charge in [-0.3, -0.25) is 0 Å². The third-order valence-electron chi connectivity index (χ3n) is 1.32. The van der Waals surface area contributed by atoms with Crippen molar-refractivity contribution in [2.75, 3.05) is 11.1 Å². The molecule has 11 heavy (non-hydrogen) atoms. The number of halogens is 1. The maximum atomic E-state index is 5.32. The largest absolute Gasteiger partial charge is 0.368 e. The number of nitrogen functional groups attached to an aromatic ring is 1. The van der Waals surface area contributed by atoms with Crippen molar-refractivity contribution in [1.82, 2.24) is 9.97 Å². The van der Waals surface area contributed by atoms with Gasteiger partial charge in [-0.1, -0.05) is 15.9 Å². The zero-order valence-electron chi connectivity index (χ0n) is 6.13. The van der Waals surface area contributed by atoms with Gasteiger partial charge < -0.3 is 5.73 Å². The van der Waals surface area contributed by atoms with Crippen molar-refractivity contribution in [3.05, 3.63) is 18.0 Å². The summed E-state index contributed by atoms with van der Waals surface area (Å²) in [4.78, 5) is 7.77. The van der Waals surface area contributed by atoms with Crippen molar-refractivity contribution < 1.29 is 0 Å². The molecule has 1 rings (SSSR count). The van der Waals surface area contributed by atoms with E-state index >= 15 is 0 Å². The number of hydrogen-bond donors (Lipinski definition) is 1. The summed E-state index contributed by atoms with van der Waals surface area (Å²) in [6.07, 6.45) is 5.65. The quantitative estimate of drug-likeness (QED) is 0.776. The van der Waals surface area contributed by atoms with Crippen LogP contribution >= 0.6 is 15.9 Å². The third kappa shape index (κ3) is 2.84. The number of hydrogen-bond acceptors (Lipinski definition) is 3. The van der Waals surface area contributed by atoms with Crippen LogP contribution in [-0.4, -0.2) is 15.3 Å². The van der Waals surface area contributed by atoms with Crippen LogP contribution in [0.5, 0.6) is 0 Å². The van der Waals surface area contributed by atoms with Crippen molar-refractivity contribution in [1.29, 1.82) is 0 Å². The molecule has 2 N–H and O–H groups in total. The number of aryl methyl sites for hydroxylation is 1. The predicted octanol–water partition coefficient (Wildman–Crippen LogP) is 1.39. The highest BCUT2D eigenvalue weighted by Crippen LogP contribution is 2.01. The van der Waals surface area contributed by atoms with Crippen molar-refractivity contribution in [2.45, 2.75) is 12.8 Å². The molecule has 1 aromatic rings. The summed E-state index contributed by atoms with van der Waals surface area (Å²) < 4.78 is 0. The maximum Gasteiger partial charge on any atom is 0.219 e. The Morgan fingerprint density at radius 3 is 2.55 bits per heavy atom. The van der Waals surface area contributed by atoms with Gasteiger partial charge in [-0.25, -0.2) is 9.97 Å². The Bertz CT molecular complexity index is 209. The van der Waals surface area contributed by atoms with Crippen LogP contribution in [0.2, 0.25) is 0 Å². The first kappa shape index (κ1) is 8.46. The fraction of sp³-hybridized carbons (Fsp3) is 0.429. The summed E-state index contributed by atoms with van der Waals surface area (Å²) in [5, 5.41) is 1.01. The van der Waals surface area contributed by atoms with Gasteiger partial charge >= 0.3 is 0 Å². The molecular formula is C7H10BrN3. The first-order chi connectivity index (χ1) is 5.33. The molecular weight excluding hydrogens is 206 g/mol. The van der Waals surface area contributed by atoms with Crippen molar-refractivity contribution in [3.8, 4) is 0 Å². The van der Waals surface area contributed by atoms with Gasteiger partial charge in [-0.2, -0.15) is 0 Å². The van der Waals surface area contributed by atoms with Crippen LogP contribution in [0.3, 0.4) is 0 Å². The SMILES string of the molecule is Nc1ncc(CCCBr)cn1. The smallest absolute Gasteiger partial charge is 0.219 e. The molecule has 3 nitrogen and oxygen atoms in total. The Kier molecular flexibility index (Phi) is 3.29. The summed E-state index contributed by atoms with van der Waals surface area (Å²) >= 11 is 3.36. The Hall–Kier alpha value is -0.640. The average molecular weight is 216 g/mol. The third-order valence-corrected chi connectivity index (χ3v) is 1.89. The molecule has 0 amide bonds. The van der Waals surface area contributed by atoms with Gasteiger partial charge in [0.1, 0.15) is 0 Å². The van der Waals surface area contributed by atoms with E-state index in [2.05, 4.69) is 25.9 Å². The van der Waals surface area contributed by atoms with Gasteiger partial charge in [0, 0.05) is 17.7 Å². The van der Waals surface area contributed by atoms with Crippen LogP contribution in [0.4, 0.5) is 5.95 Å². The summed E-state index contributed by atoms with van der Waals surface area (Å²) in [5.41, 5.74) is 6.46. The zero-order chi connectivity index (χ0) is 8.10. The minimum absolute atomic E-state index is 0.340. The number of nitrogens with two attached hydrogens (primary N) is 1. The zero-order valence-corrected chi connectivity index (χ0v) is 7.71. The van der Waals surface area contributed by atoms with Crippen LogP contribution in [0, 0.1) is 0 Å². The highest BCUT2D eigenvalue weighted by molar-refractivity contribution is 9.09. The summed E-state index contributed by atoms with van der Waals surface area (Å²) in [6, 6.07) is 0. The van der Waals surface area contributed by atoms with Gasteiger partial charge in [0.2, 0.25) is 5.95 Å². The monoisotopic (exact) mass is 215 g/mol. The number of alkyl halides is 1. The molecule has 0 bridgehead atoms. The number of aromatic nitrogens is 2. The molecule has 4 heteroatoms.